The first-order valence-corrected chi connectivity index (χ1v) is 15.0. The second-order valence-corrected chi connectivity index (χ2v) is 12.0. The fraction of sp³-hybridized carbons (Fsp3) is 0.500. The SMILES string of the molecule is CC(C)c1nc(N(C)S(C)(=O)=O)nc(-c2ccc(F)cc2)c1/C=C/[C@@H](O)CC(O)CC(=O)OCC(O[N+](=O)[O-])C(C)ON=O. The third kappa shape index (κ3) is 10.8. The Morgan fingerprint density at radius 1 is 1.20 bits per heavy atom. The van der Waals surface area contributed by atoms with Crippen molar-refractivity contribution in [3.05, 3.63) is 62.4 Å². The zero-order chi connectivity index (χ0) is 33.2. The third-order valence-corrected chi connectivity index (χ3v) is 7.33. The second-order valence-electron chi connectivity index (χ2n) is 10.0. The monoisotopic (exact) mass is 643 g/mol. The molecule has 18 heteroatoms. The number of hydrogen-bond donors (Lipinski definition) is 2. The molecule has 1 aromatic heterocycles. The average Bonchev–Trinajstić information content (AvgIpc) is 2.93. The number of ether oxygens (including phenoxy) is 1. The minimum atomic E-state index is -3.72. The van der Waals surface area contributed by atoms with Crippen LogP contribution in [-0.2, 0) is 29.2 Å². The molecule has 2 rings (SSSR count). The number of aliphatic hydroxyl groups is 2. The first-order valence-electron chi connectivity index (χ1n) is 13.1. The summed E-state index contributed by atoms with van der Waals surface area (Å²) < 4.78 is 43.8. The van der Waals surface area contributed by atoms with Gasteiger partial charge >= 0.3 is 5.97 Å². The van der Waals surface area contributed by atoms with Crippen LogP contribution in [0.4, 0.5) is 10.3 Å². The van der Waals surface area contributed by atoms with Crippen molar-refractivity contribution in [1.82, 2.24) is 9.97 Å². The van der Waals surface area contributed by atoms with Crippen molar-refractivity contribution < 1.29 is 47.3 Å². The van der Waals surface area contributed by atoms with Gasteiger partial charge in [0, 0.05) is 24.6 Å². The van der Waals surface area contributed by atoms with E-state index in [9.17, 15) is 42.8 Å². The lowest BCUT2D eigenvalue weighted by Gasteiger charge is -2.20. The number of esters is 1. The Bertz CT molecular complexity index is 1440. The molecule has 0 fully saturated rings. The highest BCUT2D eigenvalue weighted by Crippen LogP contribution is 2.31. The standard InChI is InChI=1S/C26H34FN5O11S/c1-15(2)24-21(25(17-6-8-18(27)9-7-17)29-26(28-24)31(4)44(5,39)40)11-10-19(33)12-20(34)13-23(35)41-14-22(43-32(37)38)16(3)42-30-36/h6-11,15-16,19-20,22,33-34H,12-14H2,1-5H3/b11-10+/t16?,19-,20?,22?/m1/s1. The van der Waals surface area contributed by atoms with Crippen LogP contribution >= 0.6 is 0 Å². The molecule has 4 atom stereocenters. The minimum Gasteiger partial charge on any atom is -0.463 e. The zero-order valence-electron chi connectivity index (χ0n) is 24.6. The lowest BCUT2D eigenvalue weighted by atomic mass is 9.97. The van der Waals surface area contributed by atoms with E-state index in [2.05, 4.69) is 25.0 Å². The van der Waals surface area contributed by atoms with Gasteiger partial charge in [-0.05, 0) is 37.1 Å². The molecule has 2 N–H and O–H groups in total. The highest BCUT2D eigenvalue weighted by Gasteiger charge is 2.27. The molecule has 2 aromatic rings. The number of aliphatic hydroxyl groups excluding tert-OH is 2. The maximum atomic E-state index is 13.7. The van der Waals surface area contributed by atoms with Gasteiger partial charge in [0.25, 0.3) is 5.09 Å². The quantitative estimate of drug-likeness (QED) is 0.110. The zero-order valence-corrected chi connectivity index (χ0v) is 25.4. The van der Waals surface area contributed by atoms with Gasteiger partial charge in [-0.15, -0.1) is 15.0 Å². The molecule has 1 aromatic carbocycles. The summed E-state index contributed by atoms with van der Waals surface area (Å²) >= 11 is 0. The molecule has 0 radical (unpaired) electrons. The number of rotatable bonds is 17. The molecule has 0 saturated carbocycles. The molecule has 0 spiro atoms. The number of anilines is 1. The molecule has 0 amide bonds. The Kier molecular flexibility index (Phi) is 13.0. The molecular formula is C26H34FN5O11S. The van der Waals surface area contributed by atoms with Crippen LogP contribution in [0.1, 0.15) is 50.8 Å². The summed E-state index contributed by atoms with van der Waals surface area (Å²) in [4.78, 5) is 50.6. The smallest absolute Gasteiger partial charge is 0.308 e. The highest BCUT2D eigenvalue weighted by atomic mass is 32.2. The van der Waals surface area contributed by atoms with Crippen molar-refractivity contribution in [3.63, 3.8) is 0 Å². The van der Waals surface area contributed by atoms with Crippen LogP contribution in [-0.4, -0.2) is 84.0 Å². The predicted molar refractivity (Wildman–Crippen MR) is 154 cm³/mol. The summed E-state index contributed by atoms with van der Waals surface area (Å²) in [5, 5.41) is 32.6. The summed E-state index contributed by atoms with van der Waals surface area (Å²) in [7, 11) is -2.43. The van der Waals surface area contributed by atoms with E-state index in [0.29, 0.717) is 16.8 Å². The number of carbonyl (C=O) groups excluding carboxylic acids is 1. The topological polar surface area (TPSA) is 221 Å². The molecular weight excluding hydrogens is 609 g/mol. The van der Waals surface area contributed by atoms with Gasteiger partial charge in [-0.1, -0.05) is 26.0 Å². The molecule has 0 aliphatic carbocycles. The van der Waals surface area contributed by atoms with Crippen molar-refractivity contribution in [3.8, 4) is 11.3 Å². The van der Waals surface area contributed by atoms with E-state index < -0.39 is 64.3 Å². The van der Waals surface area contributed by atoms with Crippen LogP contribution in [0.15, 0.2) is 35.7 Å². The van der Waals surface area contributed by atoms with Gasteiger partial charge in [-0.2, -0.15) is 0 Å². The van der Waals surface area contributed by atoms with Gasteiger partial charge in [-0.25, -0.2) is 27.1 Å². The van der Waals surface area contributed by atoms with Crippen LogP contribution in [0.2, 0.25) is 0 Å². The van der Waals surface area contributed by atoms with Gasteiger partial charge in [-0.3, -0.25) is 4.79 Å². The highest BCUT2D eigenvalue weighted by molar-refractivity contribution is 7.92. The van der Waals surface area contributed by atoms with Gasteiger partial charge < -0.3 is 24.6 Å². The fourth-order valence-corrected chi connectivity index (χ4v) is 4.15. The largest absolute Gasteiger partial charge is 0.463 e. The van der Waals surface area contributed by atoms with Gasteiger partial charge in [0.05, 0.1) is 36.3 Å². The summed E-state index contributed by atoms with van der Waals surface area (Å²) in [6.07, 6.45) is -2.50. The number of halogens is 1. The van der Waals surface area contributed by atoms with E-state index in [1.807, 2.05) is 13.8 Å². The fourth-order valence-electron chi connectivity index (χ4n) is 3.77. The predicted octanol–water partition coefficient (Wildman–Crippen LogP) is 2.52. The van der Waals surface area contributed by atoms with Crippen molar-refractivity contribution in [1.29, 1.82) is 0 Å². The van der Waals surface area contributed by atoms with E-state index in [0.717, 1.165) is 10.6 Å². The molecule has 0 saturated heterocycles. The van der Waals surface area contributed by atoms with E-state index >= 15 is 0 Å². The Hall–Kier alpha value is -4.29. The van der Waals surface area contributed by atoms with Crippen LogP contribution in [0, 0.1) is 20.8 Å². The number of nitrogens with zero attached hydrogens (tertiary/aromatic N) is 5. The van der Waals surface area contributed by atoms with Crippen molar-refractivity contribution in [2.45, 2.75) is 63.9 Å². The average molecular weight is 644 g/mol. The molecule has 0 aliphatic heterocycles. The van der Waals surface area contributed by atoms with Crippen LogP contribution in [0.5, 0.6) is 0 Å². The lowest BCUT2D eigenvalue weighted by molar-refractivity contribution is -0.771. The van der Waals surface area contributed by atoms with Crippen molar-refractivity contribution >= 4 is 28.0 Å². The van der Waals surface area contributed by atoms with E-state index in [-0.39, 0.29) is 24.0 Å². The van der Waals surface area contributed by atoms with Gasteiger partial charge in [0.2, 0.25) is 16.0 Å². The summed E-state index contributed by atoms with van der Waals surface area (Å²) in [6.45, 7) is 4.18. The lowest BCUT2D eigenvalue weighted by Crippen LogP contribution is -2.35. The summed E-state index contributed by atoms with van der Waals surface area (Å²) in [5.41, 5.74) is 1.53. The van der Waals surface area contributed by atoms with Crippen molar-refractivity contribution in [2.24, 2.45) is 5.34 Å². The number of aromatic nitrogens is 2. The Morgan fingerprint density at radius 3 is 2.39 bits per heavy atom. The van der Waals surface area contributed by atoms with Gasteiger partial charge in [0.1, 0.15) is 12.4 Å². The molecule has 1 heterocycles. The number of carbonyl (C=O) groups is 1. The number of sulfonamides is 1. The van der Waals surface area contributed by atoms with Gasteiger partial charge in [0.15, 0.2) is 17.5 Å². The molecule has 3 unspecified atom stereocenters. The normalized spacial score (nSPS) is 14.5. The molecule has 242 valence electrons. The maximum absolute atomic E-state index is 13.7. The van der Waals surface area contributed by atoms with E-state index in [4.69, 9.17) is 4.74 Å². The minimum absolute atomic E-state index is 0.114. The Balaban J connectivity index is 2.25. The van der Waals surface area contributed by atoms with E-state index in [1.165, 1.54) is 50.4 Å². The van der Waals surface area contributed by atoms with E-state index in [1.54, 1.807) is 0 Å². The second kappa shape index (κ2) is 16.0. The van der Waals surface area contributed by atoms with Crippen LogP contribution in [0.25, 0.3) is 17.3 Å². The number of benzene rings is 1. The molecule has 0 aliphatic rings. The first kappa shape index (κ1) is 35.9. The first-order chi connectivity index (χ1) is 20.5. The molecule has 0 bridgehead atoms. The summed E-state index contributed by atoms with van der Waals surface area (Å²) in [5.74, 6) is -1.84. The third-order valence-electron chi connectivity index (χ3n) is 6.17. The van der Waals surface area contributed by atoms with Crippen LogP contribution < -0.4 is 4.31 Å². The van der Waals surface area contributed by atoms with Crippen molar-refractivity contribution in [2.75, 3.05) is 24.2 Å². The number of hydrogen-bond acceptors (Lipinski definition) is 14. The maximum Gasteiger partial charge on any atom is 0.308 e. The van der Waals surface area contributed by atoms with Crippen LogP contribution in [0.3, 0.4) is 0 Å². The Morgan fingerprint density at radius 2 is 1.84 bits per heavy atom. The summed E-state index contributed by atoms with van der Waals surface area (Å²) in [6, 6.07) is 5.34. The molecule has 16 nitrogen and oxygen atoms in total. The molecule has 44 heavy (non-hydrogen) atoms. The Labute approximate surface area is 252 Å².